The molecule has 1 unspecified atom stereocenters. The zero-order valence-electron chi connectivity index (χ0n) is 10.4. The lowest BCUT2D eigenvalue weighted by Crippen LogP contribution is -2.36. The van der Waals surface area contributed by atoms with Crippen LogP contribution in [0.2, 0.25) is 0 Å². The molecule has 0 amide bonds. The van der Waals surface area contributed by atoms with Crippen molar-refractivity contribution in [3.05, 3.63) is 36.0 Å². The standard InChI is InChI=1S/C14H20N2O/c1-10(2)13(9-17)16-8-12-5-3-4-11-6-7-15-14(11)12/h3-7,10,13,15-17H,8-9H2,1-2H3. The third kappa shape index (κ3) is 2.68. The maximum atomic E-state index is 9.28. The zero-order valence-corrected chi connectivity index (χ0v) is 10.4. The first-order chi connectivity index (χ1) is 8.22. The number of H-pyrrole nitrogens is 1. The van der Waals surface area contributed by atoms with Gasteiger partial charge in [-0.05, 0) is 22.9 Å². The Morgan fingerprint density at radius 3 is 2.82 bits per heavy atom. The summed E-state index contributed by atoms with van der Waals surface area (Å²) in [5.74, 6) is 0.433. The normalized spacial score (nSPS) is 13.4. The molecule has 1 heterocycles. The van der Waals surface area contributed by atoms with E-state index >= 15 is 0 Å². The first-order valence-corrected chi connectivity index (χ1v) is 6.11. The number of aromatic amines is 1. The van der Waals surface area contributed by atoms with Crippen molar-refractivity contribution in [3.63, 3.8) is 0 Å². The van der Waals surface area contributed by atoms with Crippen molar-refractivity contribution in [2.75, 3.05) is 6.61 Å². The molecule has 2 aromatic rings. The third-order valence-corrected chi connectivity index (χ3v) is 3.23. The summed E-state index contributed by atoms with van der Waals surface area (Å²) in [7, 11) is 0. The maximum absolute atomic E-state index is 9.28. The molecule has 3 N–H and O–H groups in total. The lowest BCUT2D eigenvalue weighted by Gasteiger charge is -2.20. The summed E-state index contributed by atoms with van der Waals surface area (Å²) in [5, 5.41) is 13.9. The number of aliphatic hydroxyl groups is 1. The van der Waals surface area contributed by atoms with Crippen LogP contribution in [0.25, 0.3) is 10.9 Å². The summed E-state index contributed by atoms with van der Waals surface area (Å²) in [4.78, 5) is 3.26. The smallest absolute Gasteiger partial charge is 0.0587 e. The van der Waals surface area contributed by atoms with Gasteiger partial charge in [-0.25, -0.2) is 0 Å². The minimum atomic E-state index is 0.153. The summed E-state index contributed by atoms with van der Waals surface area (Å²) in [5.41, 5.74) is 2.42. The molecule has 0 bridgehead atoms. The van der Waals surface area contributed by atoms with E-state index in [4.69, 9.17) is 0 Å². The first-order valence-electron chi connectivity index (χ1n) is 6.11. The molecule has 0 aliphatic rings. The third-order valence-electron chi connectivity index (χ3n) is 3.23. The highest BCUT2D eigenvalue weighted by atomic mass is 16.3. The summed E-state index contributed by atoms with van der Waals surface area (Å²) >= 11 is 0. The quantitative estimate of drug-likeness (QED) is 0.740. The van der Waals surface area contributed by atoms with Crippen molar-refractivity contribution in [3.8, 4) is 0 Å². The molecule has 3 heteroatoms. The summed E-state index contributed by atoms with van der Waals surface area (Å²) in [6, 6.07) is 8.50. The van der Waals surface area contributed by atoms with Gasteiger partial charge < -0.3 is 15.4 Å². The summed E-state index contributed by atoms with van der Waals surface area (Å²) in [6.45, 7) is 5.19. The molecule has 1 atom stereocenters. The Morgan fingerprint density at radius 1 is 1.29 bits per heavy atom. The van der Waals surface area contributed by atoms with Gasteiger partial charge in [0.2, 0.25) is 0 Å². The number of aliphatic hydroxyl groups excluding tert-OH is 1. The Bertz CT molecular complexity index is 476. The average molecular weight is 232 g/mol. The largest absolute Gasteiger partial charge is 0.395 e. The van der Waals surface area contributed by atoms with Crippen LogP contribution < -0.4 is 5.32 Å². The van der Waals surface area contributed by atoms with Crippen molar-refractivity contribution in [2.24, 2.45) is 5.92 Å². The Kier molecular flexibility index (Phi) is 3.82. The number of nitrogens with one attached hydrogen (secondary N) is 2. The predicted octanol–water partition coefficient (Wildman–Crippen LogP) is 2.27. The van der Waals surface area contributed by atoms with Gasteiger partial charge in [-0.1, -0.05) is 32.0 Å². The molecule has 0 aliphatic heterocycles. The molecule has 0 fully saturated rings. The number of fused-ring (bicyclic) bond motifs is 1. The van der Waals surface area contributed by atoms with E-state index in [1.54, 1.807) is 0 Å². The first kappa shape index (κ1) is 12.1. The SMILES string of the molecule is CC(C)C(CO)NCc1cccc2cc[nH]c12. The zero-order chi connectivity index (χ0) is 12.3. The van der Waals surface area contributed by atoms with E-state index in [1.807, 2.05) is 6.20 Å². The Hall–Kier alpha value is -1.32. The van der Waals surface area contributed by atoms with E-state index in [9.17, 15) is 5.11 Å². The molecule has 0 saturated heterocycles. The highest BCUT2D eigenvalue weighted by molar-refractivity contribution is 5.82. The Morgan fingerprint density at radius 2 is 2.12 bits per heavy atom. The number of benzene rings is 1. The second kappa shape index (κ2) is 5.34. The van der Waals surface area contributed by atoms with Crippen LogP contribution in [0.5, 0.6) is 0 Å². The van der Waals surface area contributed by atoms with Crippen molar-refractivity contribution in [2.45, 2.75) is 26.4 Å². The molecule has 17 heavy (non-hydrogen) atoms. The fourth-order valence-corrected chi connectivity index (χ4v) is 2.05. The molecule has 1 aromatic carbocycles. The van der Waals surface area contributed by atoms with Gasteiger partial charge in [0.1, 0.15) is 0 Å². The van der Waals surface area contributed by atoms with Crippen LogP contribution in [-0.2, 0) is 6.54 Å². The average Bonchev–Trinajstić information content (AvgIpc) is 2.78. The fraction of sp³-hybridized carbons (Fsp3) is 0.429. The Labute approximate surface area is 102 Å². The van der Waals surface area contributed by atoms with Gasteiger partial charge in [-0.3, -0.25) is 0 Å². The number of rotatable bonds is 5. The highest BCUT2D eigenvalue weighted by Crippen LogP contribution is 2.17. The van der Waals surface area contributed by atoms with Gasteiger partial charge in [0.25, 0.3) is 0 Å². The highest BCUT2D eigenvalue weighted by Gasteiger charge is 2.11. The van der Waals surface area contributed by atoms with E-state index in [-0.39, 0.29) is 12.6 Å². The van der Waals surface area contributed by atoms with Gasteiger partial charge in [-0.15, -0.1) is 0 Å². The van der Waals surface area contributed by atoms with Gasteiger partial charge >= 0.3 is 0 Å². The monoisotopic (exact) mass is 232 g/mol. The maximum Gasteiger partial charge on any atom is 0.0587 e. The molecule has 2 rings (SSSR count). The van der Waals surface area contributed by atoms with Crippen LogP contribution in [0.1, 0.15) is 19.4 Å². The Balaban J connectivity index is 2.10. The fourth-order valence-electron chi connectivity index (χ4n) is 2.05. The van der Waals surface area contributed by atoms with Gasteiger partial charge in [-0.2, -0.15) is 0 Å². The van der Waals surface area contributed by atoms with Gasteiger partial charge in [0.15, 0.2) is 0 Å². The number of aromatic nitrogens is 1. The summed E-state index contributed by atoms with van der Waals surface area (Å²) in [6.07, 6.45) is 1.96. The molecule has 0 spiro atoms. The molecule has 0 radical (unpaired) electrons. The van der Waals surface area contributed by atoms with Crippen molar-refractivity contribution >= 4 is 10.9 Å². The van der Waals surface area contributed by atoms with Crippen LogP contribution in [0.15, 0.2) is 30.5 Å². The topological polar surface area (TPSA) is 48.0 Å². The molecule has 92 valence electrons. The molecule has 1 aromatic heterocycles. The second-order valence-electron chi connectivity index (χ2n) is 4.77. The van der Waals surface area contributed by atoms with Crippen LogP contribution in [0, 0.1) is 5.92 Å². The predicted molar refractivity (Wildman–Crippen MR) is 70.9 cm³/mol. The van der Waals surface area contributed by atoms with Crippen molar-refractivity contribution in [1.29, 1.82) is 0 Å². The minimum Gasteiger partial charge on any atom is -0.395 e. The number of hydrogen-bond acceptors (Lipinski definition) is 2. The molecule has 3 nitrogen and oxygen atoms in total. The molecule has 0 aliphatic carbocycles. The van der Waals surface area contributed by atoms with Crippen LogP contribution in [-0.4, -0.2) is 22.7 Å². The van der Waals surface area contributed by atoms with E-state index in [2.05, 4.69) is 48.4 Å². The second-order valence-corrected chi connectivity index (χ2v) is 4.77. The lowest BCUT2D eigenvalue weighted by molar-refractivity contribution is 0.210. The van der Waals surface area contributed by atoms with E-state index < -0.39 is 0 Å². The van der Waals surface area contributed by atoms with E-state index in [0.717, 1.165) is 6.54 Å². The van der Waals surface area contributed by atoms with E-state index in [1.165, 1.54) is 16.5 Å². The van der Waals surface area contributed by atoms with E-state index in [0.29, 0.717) is 5.92 Å². The summed E-state index contributed by atoms with van der Waals surface area (Å²) < 4.78 is 0. The number of hydrogen-bond donors (Lipinski definition) is 3. The van der Waals surface area contributed by atoms with Crippen LogP contribution in [0.3, 0.4) is 0 Å². The van der Waals surface area contributed by atoms with Crippen LogP contribution >= 0.6 is 0 Å². The van der Waals surface area contributed by atoms with Crippen molar-refractivity contribution < 1.29 is 5.11 Å². The molecular weight excluding hydrogens is 212 g/mol. The van der Waals surface area contributed by atoms with Gasteiger partial charge in [0.05, 0.1) is 6.61 Å². The van der Waals surface area contributed by atoms with Crippen LogP contribution in [0.4, 0.5) is 0 Å². The molecule has 0 saturated carbocycles. The lowest BCUT2D eigenvalue weighted by atomic mass is 10.0. The van der Waals surface area contributed by atoms with Crippen molar-refractivity contribution in [1.82, 2.24) is 10.3 Å². The molecular formula is C14H20N2O. The van der Waals surface area contributed by atoms with Gasteiger partial charge in [0, 0.05) is 24.3 Å². The number of para-hydroxylation sites is 1. The minimum absolute atomic E-state index is 0.153.